The van der Waals surface area contributed by atoms with E-state index in [1.807, 2.05) is 0 Å². The van der Waals surface area contributed by atoms with E-state index in [4.69, 9.17) is 5.73 Å². The molecule has 5 rings (SSSR count). The molecule has 0 saturated heterocycles. The van der Waals surface area contributed by atoms with E-state index in [-0.39, 0.29) is 0 Å². The van der Waals surface area contributed by atoms with Crippen molar-refractivity contribution in [1.29, 1.82) is 0 Å². The maximum Gasteiger partial charge on any atom is -0.00201 e. The molecule has 2 atom stereocenters. The van der Waals surface area contributed by atoms with Crippen molar-refractivity contribution in [3.05, 3.63) is 0 Å². The van der Waals surface area contributed by atoms with Crippen molar-refractivity contribution in [1.82, 2.24) is 0 Å². The SMILES string of the molecule is NCC12CC3CC(C1)CC(C1CCCC1)(C3)C2. The van der Waals surface area contributed by atoms with E-state index >= 15 is 0 Å². The molecule has 17 heavy (non-hydrogen) atoms. The third-order valence-electron chi connectivity index (χ3n) is 6.88. The van der Waals surface area contributed by atoms with E-state index < -0.39 is 0 Å². The average Bonchev–Trinajstić information content (AvgIpc) is 2.81. The van der Waals surface area contributed by atoms with Crippen molar-refractivity contribution in [3.63, 3.8) is 0 Å². The Kier molecular flexibility index (Phi) is 2.23. The molecular formula is C16H27N. The topological polar surface area (TPSA) is 26.0 Å². The molecule has 0 radical (unpaired) electrons. The molecule has 0 aromatic rings. The van der Waals surface area contributed by atoms with Crippen molar-refractivity contribution in [2.24, 2.45) is 34.3 Å². The lowest BCUT2D eigenvalue weighted by Crippen LogP contribution is -2.56. The molecule has 0 heterocycles. The van der Waals surface area contributed by atoms with Gasteiger partial charge in [0.15, 0.2) is 0 Å². The zero-order valence-corrected chi connectivity index (χ0v) is 11.1. The Labute approximate surface area is 106 Å². The summed E-state index contributed by atoms with van der Waals surface area (Å²) in [5.41, 5.74) is 7.54. The molecule has 0 amide bonds. The molecule has 1 nitrogen and oxygen atoms in total. The van der Waals surface area contributed by atoms with Gasteiger partial charge in [-0.15, -0.1) is 0 Å². The van der Waals surface area contributed by atoms with Crippen molar-refractivity contribution in [3.8, 4) is 0 Å². The zero-order valence-electron chi connectivity index (χ0n) is 11.1. The minimum absolute atomic E-state index is 0.590. The van der Waals surface area contributed by atoms with Crippen LogP contribution in [0.2, 0.25) is 0 Å². The van der Waals surface area contributed by atoms with Gasteiger partial charge >= 0.3 is 0 Å². The van der Waals surface area contributed by atoms with Crippen LogP contribution in [0, 0.1) is 28.6 Å². The summed E-state index contributed by atoms with van der Waals surface area (Å²) in [7, 11) is 0. The number of nitrogens with two attached hydrogens (primary N) is 1. The summed E-state index contributed by atoms with van der Waals surface area (Å²) in [6.07, 6.45) is 15.3. The van der Waals surface area contributed by atoms with Gasteiger partial charge in [-0.05, 0) is 86.5 Å². The van der Waals surface area contributed by atoms with Crippen LogP contribution in [0.4, 0.5) is 0 Å². The van der Waals surface area contributed by atoms with Crippen LogP contribution in [-0.4, -0.2) is 6.54 Å². The van der Waals surface area contributed by atoms with Gasteiger partial charge in [-0.25, -0.2) is 0 Å². The molecule has 0 aromatic heterocycles. The molecule has 2 unspecified atom stereocenters. The van der Waals surface area contributed by atoms with E-state index in [9.17, 15) is 0 Å². The van der Waals surface area contributed by atoms with E-state index in [1.54, 1.807) is 32.1 Å². The van der Waals surface area contributed by atoms with Crippen molar-refractivity contribution in [2.75, 3.05) is 6.54 Å². The molecular weight excluding hydrogens is 206 g/mol. The van der Waals surface area contributed by atoms with Crippen molar-refractivity contribution >= 4 is 0 Å². The van der Waals surface area contributed by atoms with Crippen LogP contribution in [0.1, 0.15) is 64.2 Å². The zero-order chi connectivity index (χ0) is 11.5. The Hall–Kier alpha value is -0.0400. The summed E-state index contributed by atoms with van der Waals surface area (Å²) in [6, 6.07) is 0. The highest BCUT2D eigenvalue weighted by Crippen LogP contribution is 2.68. The fraction of sp³-hybridized carbons (Fsp3) is 1.00. The summed E-state index contributed by atoms with van der Waals surface area (Å²) < 4.78 is 0. The lowest BCUT2D eigenvalue weighted by atomic mass is 9.41. The first-order valence-corrected chi connectivity index (χ1v) is 7.94. The maximum absolute atomic E-state index is 6.19. The second-order valence-electron chi connectivity index (χ2n) is 8.01. The maximum atomic E-state index is 6.19. The van der Waals surface area contributed by atoms with E-state index in [2.05, 4.69) is 0 Å². The van der Waals surface area contributed by atoms with Gasteiger partial charge in [0.05, 0.1) is 0 Å². The second kappa shape index (κ2) is 3.50. The minimum atomic E-state index is 0.590. The summed E-state index contributed by atoms with van der Waals surface area (Å²) in [5.74, 6) is 3.19. The molecule has 5 aliphatic carbocycles. The molecule has 5 saturated carbocycles. The molecule has 0 aliphatic heterocycles. The first kappa shape index (κ1) is 10.8. The molecule has 0 aromatic carbocycles. The van der Waals surface area contributed by atoms with Gasteiger partial charge in [0, 0.05) is 0 Å². The Morgan fingerprint density at radius 2 is 1.59 bits per heavy atom. The number of hydrogen-bond donors (Lipinski definition) is 1. The normalized spacial score (nSPS) is 53.5. The summed E-state index contributed by atoms with van der Waals surface area (Å²) in [5, 5.41) is 0. The quantitative estimate of drug-likeness (QED) is 0.773. The first-order valence-electron chi connectivity index (χ1n) is 7.94. The molecule has 96 valence electrons. The van der Waals surface area contributed by atoms with Gasteiger partial charge in [0.1, 0.15) is 0 Å². The van der Waals surface area contributed by atoms with E-state index in [1.165, 1.54) is 32.1 Å². The van der Waals surface area contributed by atoms with Crippen LogP contribution >= 0.6 is 0 Å². The highest BCUT2D eigenvalue weighted by atomic mass is 14.7. The Morgan fingerprint density at radius 1 is 0.941 bits per heavy atom. The van der Waals surface area contributed by atoms with Gasteiger partial charge < -0.3 is 5.73 Å². The Bertz CT molecular complexity index is 301. The first-order chi connectivity index (χ1) is 8.24. The molecule has 5 aliphatic rings. The van der Waals surface area contributed by atoms with Crippen LogP contribution in [-0.2, 0) is 0 Å². The lowest BCUT2D eigenvalue weighted by Gasteiger charge is -2.64. The largest absolute Gasteiger partial charge is 0.330 e. The summed E-state index contributed by atoms with van der Waals surface area (Å²) >= 11 is 0. The third-order valence-corrected chi connectivity index (χ3v) is 6.88. The second-order valence-corrected chi connectivity index (χ2v) is 8.01. The molecule has 4 bridgehead atoms. The van der Waals surface area contributed by atoms with Gasteiger partial charge in [0.25, 0.3) is 0 Å². The number of hydrogen-bond acceptors (Lipinski definition) is 1. The fourth-order valence-corrected chi connectivity index (χ4v) is 6.78. The van der Waals surface area contributed by atoms with Gasteiger partial charge in [-0.1, -0.05) is 12.8 Å². The predicted molar refractivity (Wildman–Crippen MR) is 70.6 cm³/mol. The highest BCUT2D eigenvalue weighted by molar-refractivity contribution is 5.10. The highest BCUT2D eigenvalue weighted by Gasteiger charge is 2.59. The van der Waals surface area contributed by atoms with Gasteiger partial charge in [0.2, 0.25) is 0 Å². The Balaban J connectivity index is 1.68. The Morgan fingerprint density at radius 3 is 2.18 bits per heavy atom. The monoisotopic (exact) mass is 233 g/mol. The minimum Gasteiger partial charge on any atom is -0.330 e. The van der Waals surface area contributed by atoms with Crippen LogP contribution in [0.3, 0.4) is 0 Å². The lowest BCUT2D eigenvalue weighted by molar-refractivity contribution is -0.131. The molecule has 5 fully saturated rings. The third kappa shape index (κ3) is 1.47. The predicted octanol–water partition coefficient (Wildman–Crippen LogP) is 3.72. The average molecular weight is 233 g/mol. The smallest absolute Gasteiger partial charge is 0.00201 e. The van der Waals surface area contributed by atoms with Gasteiger partial charge in [-0.3, -0.25) is 0 Å². The van der Waals surface area contributed by atoms with Crippen LogP contribution in [0.25, 0.3) is 0 Å². The molecule has 2 N–H and O–H groups in total. The fourth-order valence-electron chi connectivity index (χ4n) is 6.78. The molecule has 1 heteroatoms. The number of rotatable bonds is 2. The van der Waals surface area contributed by atoms with Crippen LogP contribution in [0.15, 0.2) is 0 Å². The van der Waals surface area contributed by atoms with Crippen LogP contribution in [0.5, 0.6) is 0 Å². The van der Waals surface area contributed by atoms with Gasteiger partial charge in [-0.2, -0.15) is 0 Å². The van der Waals surface area contributed by atoms with E-state index in [0.717, 1.165) is 29.7 Å². The molecule has 0 spiro atoms. The van der Waals surface area contributed by atoms with Crippen molar-refractivity contribution < 1.29 is 0 Å². The van der Waals surface area contributed by atoms with Crippen molar-refractivity contribution in [2.45, 2.75) is 64.2 Å². The standard InChI is InChI=1S/C16H27N/c17-11-15-6-12-5-13(7-15)9-16(8-12,10-15)14-3-1-2-4-14/h12-14H,1-11,17H2. The van der Waals surface area contributed by atoms with E-state index in [0.29, 0.717) is 5.41 Å². The summed E-state index contributed by atoms with van der Waals surface area (Å²) in [4.78, 5) is 0. The van der Waals surface area contributed by atoms with Crippen LogP contribution < -0.4 is 5.73 Å². The summed E-state index contributed by atoms with van der Waals surface area (Å²) in [6.45, 7) is 0.981.